The molecule has 32 heavy (non-hydrogen) atoms. The molecular formula is C23H33IN4O3S. The Morgan fingerprint density at radius 1 is 1.09 bits per heavy atom. The summed E-state index contributed by atoms with van der Waals surface area (Å²) >= 11 is 0. The summed E-state index contributed by atoms with van der Waals surface area (Å²) in [5.41, 5.74) is 0.689. The van der Waals surface area contributed by atoms with Crippen LogP contribution in [0, 0.1) is 0 Å². The maximum absolute atomic E-state index is 12.6. The van der Waals surface area contributed by atoms with Gasteiger partial charge in [0.1, 0.15) is 11.9 Å². The highest BCUT2D eigenvalue weighted by atomic mass is 127. The number of guanidine groups is 1. The summed E-state index contributed by atoms with van der Waals surface area (Å²) in [6, 6.07) is 17.0. The SMILES string of the molecule is CCNC(=NCc1ccccc1S(=O)(=O)N(C)C)N1CCC(Oc2ccccc2)CC1.I. The Kier molecular flexibility index (Phi) is 10.2. The average molecular weight is 573 g/mol. The minimum absolute atomic E-state index is 0. The Labute approximate surface area is 208 Å². The fourth-order valence-electron chi connectivity index (χ4n) is 3.55. The second-order valence-corrected chi connectivity index (χ2v) is 9.80. The lowest BCUT2D eigenvalue weighted by molar-refractivity contribution is 0.129. The van der Waals surface area contributed by atoms with Crippen LogP contribution >= 0.6 is 24.0 Å². The number of hydrogen-bond donors (Lipinski definition) is 1. The van der Waals surface area contributed by atoms with Gasteiger partial charge in [0.2, 0.25) is 10.0 Å². The summed E-state index contributed by atoms with van der Waals surface area (Å²) in [5.74, 6) is 1.71. The molecule has 1 aliphatic heterocycles. The maximum Gasteiger partial charge on any atom is 0.242 e. The van der Waals surface area contributed by atoms with Crippen LogP contribution in [0.3, 0.4) is 0 Å². The minimum atomic E-state index is -3.52. The highest BCUT2D eigenvalue weighted by Crippen LogP contribution is 2.21. The van der Waals surface area contributed by atoms with Gasteiger partial charge in [0.25, 0.3) is 0 Å². The Morgan fingerprint density at radius 3 is 2.34 bits per heavy atom. The van der Waals surface area contributed by atoms with Crippen molar-refractivity contribution in [2.45, 2.75) is 37.3 Å². The first-order valence-corrected chi connectivity index (χ1v) is 12.1. The molecule has 0 saturated carbocycles. The molecule has 1 N–H and O–H groups in total. The Hall–Kier alpha value is -1.85. The minimum Gasteiger partial charge on any atom is -0.490 e. The molecule has 1 saturated heterocycles. The molecule has 1 aliphatic rings. The molecule has 0 bridgehead atoms. The van der Waals surface area contributed by atoms with Gasteiger partial charge in [-0.25, -0.2) is 17.7 Å². The topological polar surface area (TPSA) is 74.2 Å². The van der Waals surface area contributed by atoms with Crippen molar-refractivity contribution in [2.75, 3.05) is 33.7 Å². The molecule has 7 nitrogen and oxygen atoms in total. The molecule has 0 aliphatic carbocycles. The van der Waals surface area contributed by atoms with Gasteiger partial charge >= 0.3 is 0 Å². The van der Waals surface area contributed by atoms with E-state index in [4.69, 9.17) is 9.73 Å². The monoisotopic (exact) mass is 572 g/mol. The fraction of sp³-hybridized carbons (Fsp3) is 0.435. The van der Waals surface area contributed by atoms with E-state index in [1.54, 1.807) is 26.2 Å². The van der Waals surface area contributed by atoms with Gasteiger partial charge in [-0.15, -0.1) is 24.0 Å². The second kappa shape index (κ2) is 12.4. The molecule has 1 heterocycles. The van der Waals surface area contributed by atoms with Gasteiger partial charge in [-0.2, -0.15) is 0 Å². The standard InChI is InChI=1S/C23H32N4O3S.HI/c1-4-24-23(25-18-19-10-8-9-13-22(19)31(28,29)26(2)3)27-16-14-21(15-17-27)30-20-11-6-5-7-12-20;/h5-13,21H,4,14-18H2,1-3H3,(H,24,25);1H. The van der Waals surface area contributed by atoms with Crippen molar-refractivity contribution in [3.63, 3.8) is 0 Å². The van der Waals surface area contributed by atoms with Crippen LogP contribution < -0.4 is 10.1 Å². The smallest absolute Gasteiger partial charge is 0.242 e. The lowest BCUT2D eigenvalue weighted by Gasteiger charge is -2.34. The van der Waals surface area contributed by atoms with E-state index >= 15 is 0 Å². The van der Waals surface area contributed by atoms with Gasteiger partial charge in [-0.3, -0.25) is 0 Å². The summed E-state index contributed by atoms with van der Waals surface area (Å²) in [4.78, 5) is 7.28. The average Bonchev–Trinajstić information content (AvgIpc) is 2.78. The van der Waals surface area contributed by atoms with Gasteiger partial charge in [0, 0.05) is 46.6 Å². The normalized spacial score (nSPS) is 15.4. The molecule has 0 amide bonds. The molecule has 0 atom stereocenters. The summed E-state index contributed by atoms with van der Waals surface area (Å²) in [7, 11) is -0.431. The Balaban J connectivity index is 0.00000363. The third-order valence-corrected chi connectivity index (χ3v) is 7.17. The molecule has 3 rings (SSSR count). The summed E-state index contributed by atoms with van der Waals surface area (Å²) in [6.07, 6.45) is 2.00. The zero-order valence-electron chi connectivity index (χ0n) is 18.9. The van der Waals surface area contributed by atoms with Crippen LogP contribution in [-0.4, -0.2) is 63.4 Å². The molecule has 2 aromatic carbocycles. The number of nitrogens with one attached hydrogen (secondary N) is 1. The van der Waals surface area contributed by atoms with E-state index < -0.39 is 10.0 Å². The van der Waals surface area contributed by atoms with E-state index in [9.17, 15) is 8.42 Å². The van der Waals surface area contributed by atoms with Crippen LogP contribution in [-0.2, 0) is 16.6 Å². The third-order valence-electron chi connectivity index (χ3n) is 5.25. The van der Waals surface area contributed by atoms with E-state index in [-0.39, 0.29) is 30.1 Å². The number of aliphatic imine (C=N–C) groups is 1. The van der Waals surface area contributed by atoms with Crippen LogP contribution in [0.15, 0.2) is 64.5 Å². The lowest BCUT2D eigenvalue weighted by Crippen LogP contribution is -2.47. The van der Waals surface area contributed by atoms with Gasteiger partial charge < -0.3 is 15.0 Å². The van der Waals surface area contributed by atoms with Crippen LogP contribution in [0.4, 0.5) is 0 Å². The largest absolute Gasteiger partial charge is 0.490 e. The first kappa shape index (κ1) is 26.4. The molecular weight excluding hydrogens is 539 g/mol. The van der Waals surface area contributed by atoms with Crippen molar-refractivity contribution >= 4 is 40.0 Å². The van der Waals surface area contributed by atoms with Crippen LogP contribution in [0.1, 0.15) is 25.3 Å². The maximum atomic E-state index is 12.6. The predicted molar refractivity (Wildman–Crippen MR) is 139 cm³/mol. The first-order chi connectivity index (χ1) is 14.9. The number of nitrogens with zero attached hydrogens (tertiary/aromatic N) is 3. The van der Waals surface area contributed by atoms with E-state index in [0.717, 1.165) is 44.2 Å². The van der Waals surface area contributed by atoms with Crippen LogP contribution in [0.25, 0.3) is 0 Å². The number of rotatable bonds is 7. The molecule has 176 valence electrons. The summed E-state index contributed by atoms with van der Waals surface area (Å²) in [6.45, 7) is 4.75. The number of likely N-dealkylation sites (tertiary alicyclic amines) is 1. The number of halogens is 1. The Morgan fingerprint density at radius 2 is 1.72 bits per heavy atom. The van der Waals surface area contributed by atoms with Crippen molar-refractivity contribution in [2.24, 2.45) is 4.99 Å². The molecule has 0 spiro atoms. The zero-order chi connectivity index (χ0) is 22.3. The molecule has 1 fully saturated rings. The third kappa shape index (κ3) is 6.82. The van der Waals surface area contributed by atoms with Gasteiger partial charge in [0.05, 0.1) is 11.4 Å². The Bertz CT molecular complexity index is 976. The van der Waals surface area contributed by atoms with Gasteiger partial charge in [-0.05, 0) is 30.7 Å². The van der Waals surface area contributed by atoms with Crippen molar-refractivity contribution in [1.29, 1.82) is 0 Å². The van der Waals surface area contributed by atoms with Crippen molar-refractivity contribution in [3.8, 4) is 5.75 Å². The molecule has 2 aromatic rings. The van der Waals surface area contributed by atoms with E-state index in [2.05, 4.69) is 10.2 Å². The molecule has 9 heteroatoms. The van der Waals surface area contributed by atoms with Gasteiger partial charge in [-0.1, -0.05) is 36.4 Å². The van der Waals surface area contributed by atoms with Crippen molar-refractivity contribution in [3.05, 3.63) is 60.2 Å². The second-order valence-electron chi connectivity index (χ2n) is 7.68. The molecule has 0 radical (unpaired) electrons. The van der Waals surface area contributed by atoms with E-state index in [0.29, 0.717) is 17.0 Å². The number of ether oxygens (including phenoxy) is 1. The highest BCUT2D eigenvalue weighted by molar-refractivity contribution is 14.0. The number of sulfonamides is 1. The van der Waals surface area contributed by atoms with Crippen LogP contribution in [0.5, 0.6) is 5.75 Å². The summed E-state index contributed by atoms with van der Waals surface area (Å²) in [5, 5.41) is 3.34. The number of piperidine rings is 1. The number of para-hydroxylation sites is 1. The zero-order valence-corrected chi connectivity index (χ0v) is 22.0. The fourth-order valence-corrected chi connectivity index (χ4v) is 4.65. The highest BCUT2D eigenvalue weighted by Gasteiger charge is 2.24. The van der Waals surface area contributed by atoms with E-state index in [1.165, 1.54) is 4.31 Å². The first-order valence-electron chi connectivity index (χ1n) is 10.7. The van der Waals surface area contributed by atoms with Gasteiger partial charge in [0.15, 0.2) is 5.96 Å². The lowest BCUT2D eigenvalue weighted by atomic mass is 10.1. The number of hydrogen-bond acceptors (Lipinski definition) is 4. The predicted octanol–water partition coefficient (Wildman–Crippen LogP) is 3.56. The van der Waals surface area contributed by atoms with Crippen molar-refractivity contribution < 1.29 is 13.2 Å². The van der Waals surface area contributed by atoms with E-state index in [1.807, 2.05) is 49.4 Å². The summed E-state index contributed by atoms with van der Waals surface area (Å²) < 4.78 is 32.6. The molecule has 0 unspecified atom stereocenters. The van der Waals surface area contributed by atoms with Crippen LogP contribution in [0.2, 0.25) is 0 Å². The number of benzene rings is 2. The van der Waals surface area contributed by atoms with Crippen molar-refractivity contribution in [1.82, 2.24) is 14.5 Å². The molecule has 0 aromatic heterocycles. The quantitative estimate of drug-likeness (QED) is 0.312.